The number of rotatable bonds is 9. The van der Waals surface area contributed by atoms with E-state index in [1.54, 1.807) is 0 Å². The summed E-state index contributed by atoms with van der Waals surface area (Å²) in [6.07, 6.45) is 8.28. The standard InChI is InChI=1S/C31H42N2O6/c1-4-18(2)30(36)39-26-15-22(29(33-31(32)37)20-8-6-5-7-9-20)14-21-11-10-19(3)25(28(21)26)13-12-24-16-23(34)17-27(35)38-24/h5-11,14,18-19,22-26,28-29,34H,4,12-13,15-17H2,1-3H3,(H3,32,33,37)/t18?,19-,22-,23+,24+,25-,26-,28-,29?/m0/s1. The van der Waals surface area contributed by atoms with Crippen LogP contribution < -0.4 is 11.1 Å². The second-order valence-corrected chi connectivity index (χ2v) is 11.4. The number of nitrogens with one attached hydrogen (secondary N) is 1. The summed E-state index contributed by atoms with van der Waals surface area (Å²) in [6, 6.07) is 8.74. The van der Waals surface area contributed by atoms with E-state index in [1.165, 1.54) is 0 Å². The molecule has 2 aliphatic carbocycles. The number of aliphatic hydroxyl groups is 1. The molecule has 4 N–H and O–H groups in total. The van der Waals surface area contributed by atoms with E-state index in [0.717, 1.165) is 17.6 Å². The molecule has 1 aromatic carbocycles. The van der Waals surface area contributed by atoms with Crippen molar-refractivity contribution in [1.29, 1.82) is 0 Å². The van der Waals surface area contributed by atoms with E-state index in [9.17, 15) is 19.5 Å². The highest BCUT2D eigenvalue weighted by atomic mass is 16.5. The summed E-state index contributed by atoms with van der Waals surface area (Å²) in [5.41, 5.74) is 7.61. The fraction of sp³-hybridized carbons (Fsp3) is 0.581. The molecule has 9 atom stereocenters. The van der Waals surface area contributed by atoms with Crippen LogP contribution in [0.4, 0.5) is 4.79 Å². The van der Waals surface area contributed by atoms with Crippen molar-refractivity contribution >= 4 is 18.0 Å². The number of allylic oxidation sites excluding steroid dienone is 2. The van der Waals surface area contributed by atoms with Gasteiger partial charge < -0.3 is 25.6 Å². The lowest BCUT2D eigenvalue weighted by Gasteiger charge is -2.45. The van der Waals surface area contributed by atoms with Crippen molar-refractivity contribution in [2.24, 2.45) is 35.3 Å². The first-order valence-electron chi connectivity index (χ1n) is 14.2. The SMILES string of the molecule is CCC(C)C(=O)O[C@H]1C[C@@H](C(NC(N)=O)c2ccccc2)C=C2C=C[C@H](C)[C@H](CC[C@@H]3C[C@@H](O)CC(=O)O3)[C@H]21. The Kier molecular flexibility index (Phi) is 9.49. The maximum Gasteiger partial charge on any atom is 0.312 e. The molecule has 0 saturated carbocycles. The van der Waals surface area contributed by atoms with Crippen LogP contribution in [0.15, 0.2) is 54.1 Å². The van der Waals surface area contributed by atoms with E-state index in [2.05, 4.69) is 30.5 Å². The van der Waals surface area contributed by atoms with Gasteiger partial charge in [-0.05, 0) is 48.7 Å². The number of hydrogen-bond donors (Lipinski definition) is 3. The molecular formula is C31H42N2O6. The van der Waals surface area contributed by atoms with Gasteiger partial charge in [-0.3, -0.25) is 9.59 Å². The number of carbonyl (C=O) groups is 3. The third-order valence-electron chi connectivity index (χ3n) is 8.65. The molecule has 8 nitrogen and oxygen atoms in total. The van der Waals surface area contributed by atoms with E-state index in [0.29, 0.717) is 25.7 Å². The van der Waals surface area contributed by atoms with Crippen molar-refractivity contribution in [2.45, 2.75) is 83.6 Å². The number of hydrogen-bond acceptors (Lipinski definition) is 6. The van der Waals surface area contributed by atoms with Crippen LogP contribution in [0, 0.1) is 29.6 Å². The summed E-state index contributed by atoms with van der Waals surface area (Å²) in [5, 5.41) is 13.0. The predicted molar refractivity (Wildman–Crippen MR) is 147 cm³/mol. The topological polar surface area (TPSA) is 128 Å². The van der Waals surface area contributed by atoms with Crippen LogP contribution in [-0.2, 0) is 19.1 Å². The van der Waals surface area contributed by atoms with E-state index in [-0.39, 0.29) is 66.2 Å². The first-order valence-corrected chi connectivity index (χ1v) is 14.2. The average Bonchev–Trinajstić information content (AvgIpc) is 2.90. The largest absolute Gasteiger partial charge is 0.462 e. The van der Waals surface area contributed by atoms with E-state index < -0.39 is 12.1 Å². The first kappa shape index (κ1) is 28.9. The number of primary amides is 1. The van der Waals surface area contributed by atoms with Gasteiger partial charge in [-0.15, -0.1) is 0 Å². The van der Waals surface area contributed by atoms with Gasteiger partial charge in [0.05, 0.1) is 24.5 Å². The number of esters is 2. The molecule has 0 bridgehead atoms. The predicted octanol–water partition coefficient (Wildman–Crippen LogP) is 4.59. The highest BCUT2D eigenvalue weighted by molar-refractivity contribution is 5.73. The van der Waals surface area contributed by atoms with Crippen LogP contribution in [-0.4, -0.2) is 41.4 Å². The van der Waals surface area contributed by atoms with Gasteiger partial charge in [0.25, 0.3) is 0 Å². The van der Waals surface area contributed by atoms with Crippen LogP contribution in [0.2, 0.25) is 0 Å². The third kappa shape index (κ3) is 7.10. The molecule has 1 fully saturated rings. The van der Waals surface area contributed by atoms with E-state index in [1.807, 2.05) is 44.2 Å². The molecule has 2 unspecified atom stereocenters. The van der Waals surface area contributed by atoms with Gasteiger partial charge in [0.15, 0.2) is 0 Å². The molecule has 3 aliphatic rings. The van der Waals surface area contributed by atoms with Crippen LogP contribution in [0.3, 0.4) is 0 Å². The normalized spacial score (nSPS) is 31.7. The van der Waals surface area contributed by atoms with Gasteiger partial charge in [-0.2, -0.15) is 0 Å². The molecule has 1 aromatic rings. The Labute approximate surface area is 231 Å². The molecule has 2 amide bonds. The lowest BCUT2D eigenvalue weighted by molar-refractivity contribution is -0.162. The molecule has 8 heteroatoms. The smallest absolute Gasteiger partial charge is 0.312 e. The Hall–Kier alpha value is -3.13. The van der Waals surface area contributed by atoms with Crippen molar-refractivity contribution in [1.82, 2.24) is 5.32 Å². The summed E-state index contributed by atoms with van der Waals surface area (Å²) in [5.74, 6) is -0.555. The van der Waals surface area contributed by atoms with Crippen molar-refractivity contribution in [2.75, 3.05) is 0 Å². The second kappa shape index (κ2) is 12.8. The number of benzene rings is 1. The Balaban J connectivity index is 1.64. The number of cyclic esters (lactones) is 1. The summed E-state index contributed by atoms with van der Waals surface area (Å²) < 4.78 is 11.8. The lowest BCUT2D eigenvalue weighted by atomic mass is 9.64. The number of fused-ring (bicyclic) bond motifs is 1. The highest BCUT2D eigenvalue weighted by Gasteiger charge is 2.44. The zero-order valence-corrected chi connectivity index (χ0v) is 23.1. The number of ether oxygens (including phenoxy) is 2. The van der Waals surface area contributed by atoms with Crippen molar-refractivity contribution < 1.29 is 29.0 Å². The van der Waals surface area contributed by atoms with Crippen LogP contribution in [0.5, 0.6) is 0 Å². The number of nitrogens with two attached hydrogens (primary N) is 1. The fourth-order valence-corrected chi connectivity index (χ4v) is 6.37. The van der Waals surface area contributed by atoms with Gasteiger partial charge in [0.2, 0.25) is 0 Å². The number of aliphatic hydroxyl groups excluding tert-OH is 1. The van der Waals surface area contributed by atoms with Crippen molar-refractivity contribution in [3.8, 4) is 0 Å². The second-order valence-electron chi connectivity index (χ2n) is 11.4. The summed E-state index contributed by atoms with van der Waals surface area (Å²) >= 11 is 0. The maximum absolute atomic E-state index is 13.1. The summed E-state index contributed by atoms with van der Waals surface area (Å²) in [7, 11) is 0. The highest BCUT2D eigenvalue weighted by Crippen LogP contribution is 2.47. The van der Waals surface area contributed by atoms with Gasteiger partial charge >= 0.3 is 18.0 Å². The molecule has 4 rings (SSSR count). The minimum absolute atomic E-state index is 0.0246. The molecule has 1 heterocycles. The van der Waals surface area contributed by atoms with Crippen molar-refractivity contribution in [3.05, 3.63) is 59.7 Å². The minimum atomic E-state index is -0.664. The Morgan fingerprint density at radius 1 is 1.21 bits per heavy atom. The average molecular weight is 539 g/mol. The third-order valence-corrected chi connectivity index (χ3v) is 8.65. The number of amides is 2. The zero-order chi connectivity index (χ0) is 28.1. The molecular weight excluding hydrogens is 496 g/mol. The molecule has 0 aromatic heterocycles. The molecule has 0 spiro atoms. The van der Waals surface area contributed by atoms with Crippen LogP contribution >= 0.6 is 0 Å². The summed E-state index contributed by atoms with van der Waals surface area (Å²) in [6.45, 7) is 6.02. The fourth-order valence-electron chi connectivity index (χ4n) is 6.37. The molecule has 1 saturated heterocycles. The summed E-state index contributed by atoms with van der Waals surface area (Å²) in [4.78, 5) is 37.0. The Bertz CT molecular complexity index is 1090. The molecule has 212 valence electrons. The molecule has 0 radical (unpaired) electrons. The van der Waals surface area contributed by atoms with Gasteiger partial charge in [0.1, 0.15) is 12.2 Å². The van der Waals surface area contributed by atoms with Crippen LogP contribution in [0.25, 0.3) is 0 Å². The van der Waals surface area contributed by atoms with Crippen LogP contribution in [0.1, 0.15) is 70.9 Å². The first-order chi connectivity index (χ1) is 18.7. The zero-order valence-electron chi connectivity index (χ0n) is 23.1. The Morgan fingerprint density at radius 2 is 1.95 bits per heavy atom. The van der Waals surface area contributed by atoms with E-state index >= 15 is 0 Å². The maximum atomic E-state index is 13.1. The molecule has 39 heavy (non-hydrogen) atoms. The minimum Gasteiger partial charge on any atom is -0.462 e. The van der Waals surface area contributed by atoms with Gasteiger partial charge in [0, 0.05) is 18.3 Å². The van der Waals surface area contributed by atoms with Crippen molar-refractivity contribution in [3.63, 3.8) is 0 Å². The Morgan fingerprint density at radius 3 is 2.62 bits per heavy atom. The quantitative estimate of drug-likeness (QED) is 0.395. The lowest BCUT2D eigenvalue weighted by Crippen LogP contribution is -2.45. The van der Waals surface area contributed by atoms with Gasteiger partial charge in [-0.25, -0.2) is 4.79 Å². The van der Waals surface area contributed by atoms with E-state index in [4.69, 9.17) is 15.2 Å². The number of urea groups is 1. The molecule has 1 aliphatic heterocycles. The number of carbonyl (C=O) groups excluding carboxylic acids is 3. The monoisotopic (exact) mass is 538 g/mol. The van der Waals surface area contributed by atoms with Gasteiger partial charge in [-0.1, -0.05) is 69.3 Å².